The average molecular weight is 234 g/mol. The molecule has 0 bridgehead atoms. The number of rotatable bonds is 5. The topological polar surface area (TPSA) is 20.2 Å². The second-order valence-electron chi connectivity index (χ2n) is 5.75. The van der Waals surface area contributed by atoms with Gasteiger partial charge in [-0.2, -0.15) is 0 Å². The lowest BCUT2D eigenvalue weighted by molar-refractivity contribution is 0.0310. The molecular weight excluding hydrogens is 208 g/mol. The molecular formula is C16H26O. The molecule has 1 aromatic rings. The molecule has 0 heterocycles. The molecule has 0 amide bonds. The Kier molecular flexibility index (Phi) is 4.76. The van der Waals surface area contributed by atoms with Crippen molar-refractivity contribution in [3.8, 4) is 0 Å². The zero-order valence-electron chi connectivity index (χ0n) is 11.9. The second-order valence-corrected chi connectivity index (χ2v) is 5.75. The maximum atomic E-state index is 10.6. The van der Waals surface area contributed by atoms with Crippen LogP contribution in [0, 0.1) is 19.8 Å². The lowest BCUT2D eigenvalue weighted by atomic mass is 9.84. The Morgan fingerprint density at radius 1 is 1.18 bits per heavy atom. The first-order chi connectivity index (χ1) is 7.85. The van der Waals surface area contributed by atoms with Gasteiger partial charge in [-0.15, -0.1) is 0 Å². The summed E-state index contributed by atoms with van der Waals surface area (Å²) in [6.45, 7) is 10.5. The van der Waals surface area contributed by atoms with E-state index in [1.165, 1.54) is 24.0 Å². The molecule has 1 nitrogen and oxygen atoms in total. The molecule has 0 aliphatic heterocycles. The highest BCUT2D eigenvalue weighted by atomic mass is 16.3. The second kappa shape index (κ2) is 5.68. The summed E-state index contributed by atoms with van der Waals surface area (Å²) in [4.78, 5) is 0. The fourth-order valence-electron chi connectivity index (χ4n) is 2.68. The van der Waals surface area contributed by atoms with Crippen LogP contribution in [0.1, 0.15) is 56.7 Å². The van der Waals surface area contributed by atoms with Gasteiger partial charge in [0.15, 0.2) is 0 Å². The van der Waals surface area contributed by atoms with Crippen LogP contribution in [0.3, 0.4) is 0 Å². The monoisotopic (exact) mass is 234 g/mol. The van der Waals surface area contributed by atoms with Crippen molar-refractivity contribution < 1.29 is 5.11 Å². The number of aliphatic hydroxyl groups is 1. The van der Waals surface area contributed by atoms with Crippen LogP contribution in [0.25, 0.3) is 0 Å². The van der Waals surface area contributed by atoms with E-state index in [9.17, 15) is 5.11 Å². The van der Waals surface area contributed by atoms with E-state index in [-0.39, 0.29) is 0 Å². The Balaban J connectivity index is 2.88. The zero-order valence-corrected chi connectivity index (χ0v) is 11.9. The number of hydrogen-bond donors (Lipinski definition) is 1. The van der Waals surface area contributed by atoms with Gasteiger partial charge in [0, 0.05) is 0 Å². The minimum absolute atomic E-state index is 0.566. The molecule has 0 aromatic heterocycles. The Bertz CT molecular complexity index is 346. The lowest BCUT2D eigenvalue weighted by Crippen LogP contribution is -2.24. The molecule has 0 aliphatic carbocycles. The van der Waals surface area contributed by atoms with E-state index in [0.717, 1.165) is 12.0 Å². The maximum absolute atomic E-state index is 10.6. The van der Waals surface area contributed by atoms with Gasteiger partial charge < -0.3 is 5.11 Å². The normalized spacial score (nSPS) is 16.6. The minimum Gasteiger partial charge on any atom is -0.385 e. The van der Waals surface area contributed by atoms with E-state index in [1.54, 1.807) is 0 Å². The predicted octanol–water partition coefficient (Wildman–Crippen LogP) is 4.34. The quantitative estimate of drug-likeness (QED) is 0.803. The van der Waals surface area contributed by atoms with Gasteiger partial charge in [-0.25, -0.2) is 0 Å². The minimum atomic E-state index is -0.703. The number of hydrogen-bond acceptors (Lipinski definition) is 1. The molecule has 0 radical (unpaired) electrons. The van der Waals surface area contributed by atoms with Crippen LogP contribution in [0.2, 0.25) is 0 Å². The third-order valence-corrected chi connectivity index (χ3v) is 3.37. The maximum Gasteiger partial charge on any atom is 0.0871 e. The molecule has 1 N–H and O–H groups in total. The van der Waals surface area contributed by atoms with Gasteiger partial charge in [0.2, 0.25) is 0 Å². The molecule has 2 atom stereocenters. The van der Waals surface area contributed by atoms with E-state index in [4.69, 9.17) is 0 Å². The van der Waals surface area contributed by atoms with Gasteiger partial charge in [0.05, 0.1) is 5.60 Å². The van der Waals surface area contributed by atoms with Crippen molar-refractivity contribution in [2.75, 3.05) is 0 Å². The molecule has 0 fully saturated rings. The van der Waals surface area contributed by atoms with Crippen molar-refractivity contribution >= 4 is 0 Å². The molecule has 17 heavy (non-hydrogen) atoms. The van der Waals surface area contributed by atoms with Crippen molar-refractivity contribution in [3.05, 3.63) is 34.9 Å². The summed E-state index contributed by atoms with van der Waals surface area (Å²) in [6, 6.07) is 6.35. The Hall–Kier alpha value is -0.820. The Labute approximate surface area is 106 Å². The van der Waals surface area contributed by atoms with E-state index < -0.39 is 5.60 Å². The molecule has 1 rings (SSSR count). The summed E-state index contributed by atoms with van der Waals surface area (Å²) < 4.78 is 0. The summed E-state index contributed by atoms with van der Waals surface area (Å²) in [5.41, 5.74) is 2.80. The molecule has 0 saturated carbocycles. The highest BCUT2D eigenvalue weighted by Gasteiger charge is 2.25. The largest absolute Gasteiger partial charge is 0.385 e. The fraction of sp³-hybridized carbons (Fsp3) is 0.625. The molecule has 0 saturated heterocycles. The summed E-state index contributed by atoms with van der Waals surface area (Å²) in [7, 11) is 0. The van der Waals surface area contributed by atoms with Gasteiger partial charge in [-0.3, -0.25) is 0 Å². The molecule has 0 spiro atoms. The highest BCUT2D eigenvalue weighted by molar-refractivity contribution is 5.32. The molecule has 1 heteroatoms. The van der Waals surface area contributed by atoms with Crippen LogP contribution in [-0.4, -0.2) is 5.11 Å². The summed E-state index contributed by atoms with van der Waals surface area (Å²) >= 11 is 0. The van der Waals surface area contributed by atoms with E-state index in [1.807, 2.05) is 6.92 Å². The Morgan fingerprint density at radius 3 is 2.18 bits per heavy atom. The highest BCUT2D eigenvalue weighted by Crippen LogP contribution is 2.31. The average Bonchev–Trinajstić information content (AvgIpc) is 2.15. The van der Waals surface area contributed by atoms with Gasteiger partial charge in [-0.1, -0.05) is 56.0 Å². The standard InChI is InChI=1S/C16H26O/c1-6-7-12(2)11-16(5,17)15-9-13(3)8-14(4)10-15/h8-10,12,17H,6-7,11H2,1-5H3. The summed E-state index contributed by atoms with van der Waals surface area (Å²) in [5, 5.41) is 10.6. The first-order valence-electron chi connectivity index (χ1n) is 6.66. The van der Waals surface area contributed by atoms with Gasteiger partial charge in [0.1, 0.15) is 0 Å². The molecule has 96 valence electrons. The van der Waals surface area contributed by atoms with Crippen molar-refractivity contribution in [1.29, 1.82) is 0 Å². The van der Waals surface area contributed by atoms with Crippen LogP contribution < -0.4 is 0 Å². The van der Waals surface area contributed by atoms with E-state index in [2.05, 4.69) is 45.9 Å². The fourth-order valence-corrected chi connectivity index (χ4v) is 2.68. The molecule has 1 aromatic carbocycles. The van der Waals surface area contributed by atoms with Gasteiger partial charge >= 0.3 is 0 Å². The van der Waals surface area contributed by atoms with Crippen LogP contribution in [0.5, 0.6) is 0 Å². The van der Waals surface area contributed by atoms with Gasteiger partial charge in [-0.05, 0) is 38.7 Å². The van der Waals surface area contributed by atoms with Crippen LogP contribution >= 0.6 is 0 Å². The third kappa shape index (κ3) is 4.16. The van der Waals surface area contributed by atoms with E-state index >= 15 is 0 Å². The van der Waals surface area contributed by atoms with Crippen LogP contribution in [-0.2, 0) is 5.60 Å². The summed E-state index contributed by atoms with van der Waals surface area (Å²) in [5.74, 6) is 0.566. The third-order valence-electron chi connectivity index (χ3n) is 3.37. The first-order valence-corrected chi connectivity index (χ1v) is 6.66. The number of aryl methyl sites for hydroxylation is 2. The van der Waals surface area contributed by atoms with Crippen LogP contribution in [0.4, 0.5) is 0 Å². The zero-order chi connectivity index (χ0) is 13.1. The van der Waals surface area contributed by atoms with Gasteiger partial charge in [0.25, 0.3) is 0 Å². The SMILES string of the molecule is CCCC(C)CC(C)(O)c1cc(C)cc(C)c1. The van der Waals surface area contributed by atoms with E-state index in [0.29, 0.717) is 5.92 Å². The molecule has 0 aliphatic rings. The smallest absolute Gasteiger partial charge is 0.0871 e. The van der Waals surface area contributed by atoms with Crippen molar-refractivity contribution in [2.45, 2.75) is 59.5 Å². The first kappa shape index (κ1) is 14.2. The lowest BCUT2D eigenvalue weighted by Gasteiger charge is -2.28. The van der Waals surface area contributed by atoms with Crippen molar-refractivity contribution in [3.63, 3.8) is 0 Å². The van der Waals surface area contributed by atoms with Crippen LogP contribution in [0.15, 0.2) is 18.2 Å². The predicted molar refractivity (Wildman–Crippen MR) is 74.2 cm³/mol. The van der Waals surface area contributed by atoms with Crippen molar-refractivity contribution in [2.24, 2.45) is 5.92 Å². The van der Waals surface area contributed by atoms with Crippen molar-refractivity contribution in [1.82, 2.24) is 0 Å². The molecule has 2 unspecified atom stereocenters. The Morgan fingerprint density at radius 2 is 1.71 bits per heavy atom. The summed E-state index contributed by atoms with van der Waals surface area (Å²) in [6.07, 6.45) is 3.20. The number of benzene rings is 1.